The summed E-state index contributed by atoms with van der Waals surface area (Å²) < 4.78 is 10.4. The number of nitrogens with one attached hydrogen (secondary N) is 1. The Morgan fingerprint density at radius 2 is 1.85 bits per heavy atom. The molecule has 4 atom stereocenters. The topological polar surface area (TPSA) is 134 Å². The van der Waals surface area contributed by atoms with Gasteiger partial charge in [0.1, 0.15) is 19.3 Å². The smallest absolute Gasteiger partial charge is 0.332 e. The Labute approximate surface area is 155 Å². The molecule has 1 saturated carbocycles. The van der Waals surface area contributed by atoms with Crippen LogP contribution in [0.5, 0.6) is 0 Å². The molecule has 1 aliphatic carbocycles. The molecule has 0 aromatic heterocycles. The summed E-state index contributed by atoms with van der Waals surface area (Å²) in [5, 5.41) is 2.65. The van der Waals surface area contributed by atoms with E-state index in [1.54, 1.807) is 0 Å². The number of hydrogen-bond donors (Lipinski definition) is 3. The Morgan fingerprint density at radius 1 is 1.12 bits per heavy atom. The van der Waals surface area contributed by atoms with Crippen LogP contribution in [0.25, 0.3) is 0 Å². The number of esters is 1. The van der Waals surface area contributed by atoms with Gasteiger partial charge in [-0.2, -0.15) is 0 Å². The number of Topliss-reactive ketones (excluding diaryl/α,β-unsaturated/α-hetero) is 1. The number of unbranched alkanes of at least 4 members (excludes halogenated alkanes) is 2. The summed E-state index contributed by atoms with van der Waals surface area (Å²) in [7, 11) is 0. The largest absolute Gasteiger partial charge is 0.461 e. The normalized spacial score (nSPS) is 23.9. The molecule has 1 fully saturated rings. The van der Waals surface area contributed by atoms with E-state index in [4.69, 9.17) is 20.9 Å². The molecular weight excluding hydrogens is 338 g/mol. The summed E-state index contributed by atoms with van der Waals surface area (Å²) in [6.45, 7) is 2.92. The van der Waals surface area contributed by atoms with Gasteiger partial charge in [-0.1, -0.05) is 26.2 Å². The maximum Gasteiger partial charge on any atom is 0.332 e. The molecule has 26 heavy (non-hydrogen) atoms. The average molecular weight is 371 g/mol. The molecule has 0 saturated heterocycles. The minimum atomic E-state index is -0.531. The van der Waals surface area contributed by atoms with Gasteiger partial charge < -0.3 is 26.3 Å². The summed E-state index contributed by atoms with van der Waals surface area (Å²) in [6, 6.07) is -0.738. The predicted molar refractivity (Wildman–Crippen MR) is 97.3 cm³/mol. The molecule has 0 bridgehead atoms. The van der Waals surface area contributed by atoms with Gasteiger partial charge in [-0.25, -0.2) is 4.79 Å². The zero-order valence-corrected chi connectivity index (χ0v) is 15.9. The van der Waals surface area contributed by atoms with Crippen molar-refractivity contribution >= 4 is 17.7 Å². The van der Waals surface area contributed by atoms with Crippen LogP contribution in [0.15, 0.2) is 0 Å². The number of rotatable bonds is 11. The highest BCUT2D eigenvalue weighted by Gasteiger charge is 2.27. The Morgan fingerprint density at radius 3 is 2.46 bits per heavy atom. The first kappa shape index (κ1) is 22.5. The fourth-order valence-corrected chi connectivity index (χ4v) is 2.95. The van der Waals surface area contributed by atoms with Crippen molar-refractivity contribution in [3.63, 3.8) is 0 Å². The van der Waals surface area contributed by atoms with E-state index in [-0.39, 0.29) is 37.2 Å². The molecule has 1 unspecified atom stereocenters. The van der Waals surface area contributed by atoms with Crippen molar-refractivity contribution in [3.05, 3.63) is 0 Å². The molecule has 0 aromatic rings. The van der Waals surface area contributed by atoms with Crippen molar-refractivity contribution in [2.45, 2.75) is 83.0 Å². The Bertz CT molecular complexity index is 472. The van der Waals surface area contributed by atoms with Crippen LogP contribution in [0.4, 0.5) is 0 Å². The zero-order valence-electron chi connectivity index (χ0n) is 15.9. The molecule has 0 heterocycles. The van der Waals surface area contributed by atoms with Crippen LogP contribution in [0.2, 0.25) is 0 Å². The second-order valence-electron chi connectivity index (χ2n) is 6.97. The van der Waals surface area contributed by atoms with E-state index >= 15 is 0 Å². The fourth-order valence-electron chi connectivity index (χ4n) is 2.95. The first-order valence-electron chi connectivity index (χ1n) is 9.41. The molecule has 1 rings (SSSR count). The lowest BCUT2D eigenvalue weighted by Gasteiger charge is -2.31. The van der Waals surface area contributed by atoms with E-state index in [0.717, 1.165) is 19.3 Å². The standard InChI is InChI=1S/C18H33N3O5/c1-3-4-5-6-16(12(2)22)21-17(23)10-25-11-18(24)26-13-7-8-14(19)15(20)9-13/h13-16H,3-11,19-20H2,1-2H3,(H,21,23)/t13-,14+,15+,16?/m0/s1. The van der Waals surface area contributed by atoms with Gasteiger partial charge in [0.05, 0.1) is 6.04 Å². The average Bonchev–Trinajstić information content (AvgIpc) is 2.57. The number of hydrogen-bond acceptors (Lipinski definition) is 7. The van der Waals surface area contributed by atoms with Gasteiger partial charge in [0, 0.05) is 18.5 Å². The molecule has 1 aliphatic rings. The first-order chi connectivity index (χ1) is 12.3. The van der Waals surface area contributed by atoms with Gasteiger partial charge in [-0.05, 0) is 26.2 Å². The van der Waals surface area contributed by atoms with Crippen LogP contribution in [0, 0.1) is 0 Å². The van der Waals surface area contributed by atoms with E-state index in [1.165, 1.54) is 6.92 Å². The molecule has 150 valence electrons. The van der Waals surface area contributed by atoms with E-state index < -0.39 is 17.9 Å². The van der Waals surface area contributed by atoms with Crippen molar-refractivity contribution < 1.29 is 23.9 Å². The number of nitrogens with two attached hydrogens (primary N) is 2. The Balaban J connectivity index is 2.23. The fraction of sp³-hybridized carbons (Fsp3) is 0.833. The van der Waals surface area contributed by atoms with Crippen LogP contribution in [-0.2, 0) is 23.9 Å². The summed E-state index contributed by atoms with van der Waals surface area (Å²) in [4.78, 5) is 35.2. The van der Waals surface area contributed by atoms with Crippen LogP contribution >= 0.6 is 0 Å². The van der Waals surface area contributed by atoms with Crippen molar-refractivity contribution in [1.29, 1.82) is 0 Å². The second-order valence-corrected chi connectivity index (χ2v) is 6.97. The molecule has 0 spiro atoms. The summed E-state index contributed by atoms with van der Waals surface area (Å²) in [6.07, 6.45) is 5.22. The van der Waals surface area contributed by atoms with Crippen LogP contribution in [0.3, 0.4) is 0 Å². The van der Waals surface area contributed by atoms with Gasteiger partial charge in [-0.3, -0.25) is 9.59 Å². The highest BCUT2D eigenvalue weighted by molar-refractivity contribution is 5.87. The molecule has 0 radical (unpaired) electrons. The van der Waals surface area contributed by atoms with E-state index in [0.29, 0.717) is 25.7 Å². The molecule has 0 aromatic carbocycles. The summed E-state index contributed by atoms with van der Waals surface area (Å²) >= 11 is 0. The number of ether oxygens (including phenoxy) is 2. The number of carbonyl (C=O) groups is 3. The molecule has 1 amide bonds. The maximum absolute atomic E-state index is 11.9. The maximum atomic E-state index is 11.9. The third-order valence-electron chi connectivity index (χ3n) is 4.58. The van der Waals surface area contributed by atoms with Gasteiger partial charge in [0.2, 0.25) is 5.91 Å². The lowest BCUT2D eigenvalue weighted by atomic mass is 9.89. The van der Waals surface area contributed by atoms with Crippen LogP contribution in [0.1, 0.15) is 58.8 Å². The third-order valence-corrected chi connectivity index (χ3v) is 4.58. The molecule has 8 nitrogen and oxygen atoms in total. The second kappa shape index (κ2) is 12.0. The lowest BCUT2D eigenvalue weighted by Crippen LogP contribution is -2.48. The molecule has 0 aliphatic heterocycles. The lowest BCUT2D eigenvalue weighted by molar-refractivity contribution is -0.157. The van der Waals surface area contributed by atoms with E-state index in [1.807, 2.05) is 0 Å². The number of amides is 1. The van der Waals surface area contributed by atoms with Gasteiger partial charge in [-0.15, -0.1) is 0 Å². The Hall–Kier alpha value is -1.51. The molecular formula is C18H33N3O5. The van der Waals surface area contributed by atoms with E-state index in [9.17, 15) is 14.4 Å². The van der Waals surface area contributed by atoms with Crippen molar-refractivity contribution in [2.24, 2.45) is 11.5 Å². The van der Waals surface area contributed by atoms with Gasteiger partial charge in [0.25, 0.3) is 0 Å². The van der Waals surface area contributed by atoms with Crippen molar-refractivity contribution in [1.82, 2.24) is 5.32 Å². The van der Waals surface area contributed by atoms with Crippen molar-refractivity contribution in [2.75, 3.05) is 13.2 Å². The zero-order chi connectivity index (χ0) is 19.5. The summed E-state index contributed by atoms with van der Waals surface area (Å²) in [5.74, 6) is -1.03. The molecule has 8 heteroatoms. The van der Waals surface area contributed by atoms with Crippen LogP contribution < -0.4 is 16.8 Å². The van der Waals surface area contributed by atoms with Crippen LogP contribution in [-0.4, -0.2) is 55.1 Å². The minimum absolute atomic E-state index is 0.0588. The number of carbonyl (C=O) groups excluding carboxylic acids is 3. The quantitative estimate of drug-likeness (QED) is 0.354. The third kappa shape index (κ3) is 8.73. The monoisotopic (exact) mass is 371 g/mol. The van der Waals surface area contributed by atoms with Gasteiger partial charge in [0.15, 0.2) is 5.78 Å². The molecule has 5 N–H and O–H groups in total. The SMILES string of the molecule is CCCCCC(NC(=O)COCC(=O)O[C@H]1CC[C@@H](N)[C@H](N)C1)C(C)=O. The highest BCUT2D eigenvalue weighted by atomic mass is 16.6. The van der Waals surface area contributed by atoms with Crippen molar-refractivity contribution in [3.8, 4) is 0 Å². The first-order valence-corrected chi connectivity index (χ1v) is 9.41. The van der Waals surface area contributed by atoms with E-state index in [2.05, 4.69) is 12.2 Å². The minimum Gasteiger partial charge on any atom is -0.461 e. The Kier molecular flexibility index (Phi) is 10.4. The van der Waals surface area contributed by atoms with Gasteiger partial charge >= 0.3 is 5.97 Å². The summed E-state index contributed by atoms with van der Waals surface area (Å²) in [5.41, 5.74) is 11.7. The highest BCUT2D eigenvalue weighted by Crippen LogP contribution is 2.19. The predicted octanol–water partition coefficient (Wildman–Crippen LogP) is 0.407. The number of ketones is 1.